The van der Waals surface area contributed by atoms with E-state index >= 15 is 0 Å². The van der Waals surface area contributed by atoms with Crippen molar-refractivity contribution in [2.24, 2.45) is 0 Å². The highest BCUT2D eigenvalue weighted by atomic mass is 32.1. The zero-order valence-electron chi connectivity index (χ0n) is 12.1. The van der Waals surface area contributed by atoms with Crippen molar-refractivity contribution in [2.45, 2.75) is 26.3 Å². The molecule has 1 atom stereocenters. The topological polar surface area (TPSA) is 91.8 Å². The van der Waals surface area contributed by atoms with Crippen LogP contribution in [0.4, 0.5) is 5.13 Å². The second-order valence-corrected chi connectivity index (χ2v) is 5.79. The molecule has 1 aromatic rings. The highest BCUT2D eigenvalue weighted by Gasteiger charge is 2.31. The van der Waals surface area contributed by atoms with Crippen molar-refractivity contribution in [1.82, 2.24) is 9.88 Å². The number of rotatable bonds is 5. The van der Waals surface area contributed by atoms with Crippen LogP contribution < -0.4 is 5.32 Å². The zero-order chi connectivity index (χ0) is 15.4. The van der Waals surface area contributed by atoms with E-state index in [0.29, 0.717) is 28.9 Å². The van der Waals surface area contributed by atoms with Crippen molar-refractivity contribution in [3.05, 3.63) is 10.6 Å². The fourth-order valence-corrected chi connectivity index (χ4v) is 3.24. The van der Waals surface area contributed by atoms with Crippen LogP contribution in [0.2, 0.25) is 0 Å². The van der Waals surface area contributed by atoms with Crippen LogP contribution in [0.1, 0.15) is 28.7 Å². The van der Waals surface area contributed by atoms with Crippen molar-refractivity contribution in [2.75, 3.05) is 31.6 Å². The van der Waals surface area contributed by atoms with Gasteiger partial charge >= 0.3 is 5.97 Å². The number of carboxylic acid groups (broad SMARTS) is 1. The molecular weight excluding hydrogens is 294 g/mol. The fourth-order valence-electron chi connectivity index (χ4n) is 2.24. The molecule has 1 saturated heterocycles. The molecule has 0 radical (unpaired) electrons. The van der Waals surface area contributed by atoms with Gasteiger partial charge in [0.05, 0.1) is 31.4 Å². The summed E-state index contributed by atoms with van der Waals surface area (Å²) in [6, 6.07) is -0.423. The first-order valence-corrected chi connectivity index (χ1v) is 7.66. The lowest BCUT2D eigenvalue weighted by molar-refractivity contribution is -0.139. The van der Waals surface area contributed by atoms with Crippen LogP contribution in [0.15, 0.2) is 0 Å². The summed E-state index contributed by atoms with van der Waals surface area (Å²) in [4.78, 5) is 30.0. The van der Waals surface area contributed by atoms with Gasteiger partial charge in [0.2, 0.25) is 0 Å². The number of carboxylic acids is 1. The summed E-state index contributed by atoms with van der Waals surface area (Å²) < 4.78 is 5.29. The molecule has 2 rings (SSSR count). The van der Waals surface area contributed by atoms with Gasteiger partial charge in [-0.3, -0.25) is 9.59 Å². The van der Waals surface area contributed by atoms with E-state index in [0.717, 1.165) is 6.54 Å². The summed E-state index contributed by atoms with van der Waals surface area (Å²) in [5.74, 6) is -1.10. The molecule has 1 aliphatic heterocycles. The number of amides is 1. The van der Waals surface area contributed by atoms with Crippen molar-refractivity contribution in [3.8, 4) is 0 Å². The second-order valence-electron chi connectivity index (χ2n) is 4.79. The largest absolute Gasteiger partial charge is 0.481 e. The van der Waals surface area contributed by atoms with Gasteiger partial charge in [-0.05, 0) is 13.8 Å². The average Bonchev–Trinajstić information content (AvgIpc) is 2.79. The van der Waals surface area contributed by atoms with E-state index in [1.807, 2.05) is 6.92 Å². The Bertz CT molecular complexity index is 531. The van der Waals surface area contributed by atoms with Crippen LogP contribution in [-0.2, 0) is 9.53 Å². The minimum atomic E-state index is -0.933. The van der Waals surface area contributed by atoms with Gasteiger partial charge in [0.1, 0.15) is 4.88 Å². The highest BCUT2D eigenvalue weighted by Crippen LogP contribution is 2.25. The molecule has 0 spiro atoms. The number of aryl methyl sites for hydroxylation is 1. The minimum absolute atomic E-state index is 0.107. The fraction of sp³-hybridized carbons (Fsp3) is 0.615. The summed E-state index contributed by atoms with van der Waals surface area (Å²) in [5.41, 5.74) is 0.668. The Morgan fingerprint density at radius 2 is 2.33 bits per heavy atom. The van der Waals surface area contributed by atoms with Crippen LogP contribution in [0, 0.1) is 6.92 Å². The van der Waals surface area contributed by atoms with Gasteiger partial charge in [-0.2, -0.15) is 0 Å². The molecule has 7 nitrogen and oxygen atoms in total. The first-order valence-electron chi connectivity index (χ1n) is 6.84. The second kappa shape index (κ2) is 6.86. The Kier molecular flexibility index (Phi) is 5.13. The molecule has 8 heteroatoms. The number of morpholine rings is 1. The number of hydrogen-bond acceptors (Lipinski definition) is 6. The molecule has 1 fully saturated rings. The van der Waals surface area contributed by atoms with Crippen molar-refractivity contribution < 1.29 is 19.4 Å². The van der Waals surface area contributed by atoms with Crippen LogP contribution >= 0.6 is 11.3 Å². The molecule has 1 aliphatic rings. The Labute approximate surface area is 126 Å². The predicted molar refractivity (Wildman–Crippen MR) is 78.9 cm³/mol. The van der Waals surface area contributed by atoms with Crippen molar-refractivity contribution in [3.63, 3.8) is 0 Å². The normalized spacial score (nSPS) is 18.6. The van der Waals surface area contributed by atoms with Gasteiger partial charge in [0.25, 0.3) is 5.91 Å². The summed E-state index contributed by atoms with van der Waals surface area (Å²) in [6.07, 6.45) is -0.107. The number of hydrogen-bond donors (Lipinski definition) is 2. The van der Waals surface area contributed by atoms with E-state index in [-0.39, 0.29) is 18.9 Å². The standard InChI is InChI=1S/C13H19N3O4S/c1-3-14-13-15-8(2)11(21-13)12(19)16-4-5-20-7-9(16)6-10(17)18/h9H,3-7H2,1-2H3,(H,14,15)(H,17,18)/t9-/m1/s1. The SMILES string of the molecule is CCNc1nc(C)c(C(=O)N2CCOC[C@H]2CC(=O)O)s1. The lowest BCUT2D eigenvalue weighted by atomic mass is 10.1. The van der Waals surface area contributed by atoms with Crippen molar-refractivity contribution in [1.29, 1.82) is 0 Å². The quantitative estimate of drug-likeness (QED) is 0.848. The summed E-state index contributed by atoms with van der Waals surface area (Å²) >= 11 is 1.31. The molecule has 0 aromatic carbocycles. The third-order valence-electron chi connectivity index (χ3n) is 3.22. The Hall–Kier alpha value is -1.67. The van der Waals surface area contributed by atoms with Gasteiger partial charge < -0.3 is 20.1 Å². The van der Waals surface area contributed by atoms with E-state index < -0.39 is 12.0 Å². The molecule has 1 amide bonds. The maximum atomic E-state index is 12.7. The van der Waals surface area contributed by atoms with Crippen LogP contribution in [-0.4, -0.2) is 59.2 Å². The van der Waals surface area contributed by atoms with Crippen LogP contribution in [0.5, 0.6) is 0 Å². The third-order valence-corrected chi connectivity index (χ3v) is 4.32. The zero-order valence-corrected chi connectivity index (χ0v) is 12.9. The number of carbonyl (C=O) groups excluding carboxylic acids is 1. The monoisotopic (exact) mass is 313 g/mol. The Morgan fingerprint density at radius 1 is 1.57 bits per heavy atom. The molecule has 0 bridgehead atoms. The number of ether oxygens (including phenoxy) is 1. The molecule has 0 aliphatic carbocycles. The smallest absolute Gasteiger partial charge is 0.305 e. The lowest BCUT2D eigenvalue weighted by Gasteiger charge is -2.34. The third kappa shape index (κ3) is 3.70. The Balaban J connectivity index is 2.18. The van der Waals surface area contributed by atoms with Gasteiger partial charge in [0, 0.05) is 13.1 Å². The molecule has 116 valence electrons. The molecule has 0 unspecified atom stereocenters. The van der Waals surface area contributed by atoms with Gasteiger partial charge in [-0.25, -0.2) is 4.98 Å². The number of anilines is 1. The first kappa shape index (κ1) is 15.7. The minimum Gasteiger partial charge on any atom is -0.481 e. The van der Waals surface area contributed by atoms with Gasteiger partial charge in [-0.15, -0.1) is 0 Å². The average molecular weight is 313 g/mol. The number of aliphatic carboxylic acids is 1. The molecule has 21 heavy (non-hydrogen) atoms. The van der Waals surface area contributed by atoms with E-state index in [1.165, 1.54) is 11.3 Å². The maximum absolute atomic E-state index is 12.7. The number of carbonyl (C=O) groups is 2. The van der Waals surface area contributed by atoms with Crippen LogP contribution in [0.3, 0.4) is 0 Å². The molecule has 0 saturated carbocycles. The molecule has 2 N–H and O–H groups in total. The van der Waals surface area contributed by atoms with E-state index in [1.54, 1.807) is 11.8 Å². The number of nitrogens with one attached hydrogen (secondary N) is 1. The number of nitrogens with zero attached hydrogens (tertiary/aromatic N) is 2. The highest BCUT2D eigenvalue weighted by molar-refractivity contribution is 7.17. The summed E-state index contributed by atoms with van der Waals surface area (Å²) in [5, 5.41) is 12.7. The van der Waals surface area contributed by atoms with E-state index in [9.17, 15) is 9.59 Å². The number of aromatic nitrogens is 1. The van der Waals surface area contributed by atoms with Gasteiger partial charge in [-0.1, -0.05) is 11.3 Å². The van der Waals surface area contributed by atoms with Crippen LogP contribution in [0.25, 0.3) is 0 Å². The molecular formula is C13H19N3O4S. The number of thiazole rings is 1. The van der Waals surface area contributed by atoms with Gasteiger partial charge in [0.15, 0.2) is 5.13 Å². The maximum Gasteiger partial charge on any atom is 0.305 e. The first-order chi connectivity index (χ1) is 10.0. The Morgan fingerprint density at radius 3 is 3.00 bits per heavy atom. The summed E-state index contributed by atoms with van der Waals surface area (Å²) in [6.45, 7) is 5.58. The van der Waals surface area contributed by atoms with Crippen molar-refractivity contribution >= 4 is 28.3 Å². The lowest BCUT2D eigenvalue weighted by Crippen LogP contribution is -2.49. The predicted octanol–water partition coefficient (Wildman–Crippen LogP) is 1.20. The summed E-state index contributed by atoms with van der Waals surface area (Å²) in [7, 11) is 0. The van der Waals surface area contributed by atoms with E-state index in [4.69, 9.17) is 9.84 Å². The van der Waals surface area contributed by atoms with E-state index in [2.05, 4.69) is 10.3 Å². The molecule has 1 aromatic heterocycles. The molecule has 2 heterocycles.